The molecule has 0 aliphatic rings. The maximum Gasteiger partial charge on any atom is 0.126 e. The first-order valence-corrected chi connectivity index (χ1v) is 10.8. The second-order valence-electron chi connectivity index (χ2n) is 8.79. The number of carboxylic acids is 4. The van der Waals surface area contributed by atoms with Crippen molar-refractivity contribution in [2.75, 3.05) is 82.6 Å². The van der Waals surface area contributed by atoms with E-state index in [9.17, 15) is 60.0 Å². The van der Waals surface area contributed by atoms with Gasteiger partial charge in [0.2, 0.25) is 0 Å². The first-order chi connectivity index (χ1) is 16.2. The van der Waals surface area contributed by atoms with Crippen molar-refractivity contribution in [3.05, 3.63) is 0 Å². The summed E-state index contributed by atoms with van der Waals surface area (Å²) in [5, 5.41) is 78.0. The van der Waals surface area contributed by atoms with Crippen LogP contribution in [0.2, 0.25) is 0 Å². The molecule has 0 heterocycles. The van der Waals surface area contributed by atoms with Gasteiger partial charge in [-0.2, -0.15) is 0 Å². The molecule has 0 aromatic rings. The van der Waals surface area contributed by atoms with Crippen LogP contribution in [0.15, 0.2) is 0 Å². The molecule has 0 aliphatic heterocycles. The molecule has 4 radical (unpaired) electrons. The van der Waals surface area contributed by atoms with Gasteiger partial charge in [0.15, 0.2) is 0 Å². The van der Waals surface area contributed by atoms with E-state index in [1.54, 1.807) is 0 Å². The topological polar surface area (TPSA) is 499 Å². The zero-order valence-corrected chi connectivity index (χ0v) is 32.7. The third-order valence-electron chi connectivity index (χ3n) is 3.73. The molecule has 0 unspecified atom stereocenters. The number of quaternary nitrogens is 4. The zero-order chi connectivity index (χ0) is 29.8. The summed E-state index contributed by atoms with van der Waals surface area (Å²) in [5.74, 6) is -8.93. The fourth-order valence-corrected chi connectivity index (χ4v) is 1.49. The summed E-state index contributed by atoms with van der Waals surface area (Å²) in [6.07, 6.45) is -11.2. The Hall–Kier alpha value is -0.422. The minimum absolute atomic E-state index is 0. The van der Waals surface area contributed by atoms with Crippen molar-refractivity contribution in [3.63, 3.8) is 0 Å². The van der Waals surface area contributed by atoms with Gasteiger partial charge >= 0.3 is 0 Å². The van der Waals surface area contributed by atoms with Crippen molar-refractivity contribution >= 4 is 23.9 Å². The molecule has 0 rings (SSSR count). The van der Waals surface area contributed by atoms with E-state index in [1.807, 2.05) is 0 Å². The first-order valence-electron chi connectivity index (χ1n) is 10.8. The molecule has 48 heavy (non-hydrogen) atoms. The standard InChI is InChI=1S/2C6H16N2.2C4H4O6.8O.4V/c2*1-7(2)5-6-8(3)4;2*5-1(3(7)8)2(6)4(9)10;;;;;;;;;;;;/h2*5-6H2,1-4H3;2*1-2H,(H,7,8)(H,9,10);;;;;;;;;;;;/q;;10*-2;;;;/t;;2*1-,2-;;;;;;;;;;;;/m..00............/s1. The Kier molecular flexibility index (Phi) is 133. The Morgan fingerprint density at radius 1 is 0.354 bits per heavy atom. The molecular weight excluding hydrogens is 820 g/mol. The maximum absolute atomic E-state index is 9.97. The van der Waals surface area contributed by atoms with Crippen molar-refractivity contribution in [2.24, 2.45) is 0 Å². The van der Waals surface area contributed by atoms with E-state index in [1.165, 1.54) is 45.8 Å². The smallest absolute Gasteiger partial charge is 0.126 e. The molecule has 0 aromatic carbocycles. The van der Waals surface area contributed by atoms with Gasteiger partial charge in [-0.1, -0.05) is 24.4 Å². The number of aliphatic carboxylic acids is 4. The molecule has 0 fully saturated rings. The molecule has 300 valence electrons. The number of carbonyl (C=O) groups is 4. The van der Waals surface area contributed by atoms with Crippen LogP contribution in [-0.4, -0.2) is 131 Å². The summed E-state index contributed by atoms with van der Waals surface area (Å²) < 4.78 is 0. The molecule has 0 saturated heterocycles. The Bertz CT molecular complexity index is 544. The van der Waals surface area contributed by atoms with Gasteiger partial charge in [0, 0.05) is 98.1 Å². The fourth-order valence-electron chi connectivity index (χ4n) is 1.49. The minimum Gasteiger partial charge on any atom is -2.00 e. The summed E-state index contributed by atoms with van der Waals surface area (Å²) in [7, 11) is 17.5. The van der Waals surface area contributed by atoms with Gasteiger partial charge in [0.1, 0.15) is 26.2 Å². The predicted molar refractivity (Wildman–Crippen MR) is 111 cm³/mol. The Morgan fingerprint density at radius 3 is 0.479 bits per heavy atom. The molecule has 4 N–H and O–H groups in total. The van der Waals surface area contributed by atoms with E-state index in [0.29, 0.717) is 0 Å². The molecular formula is C20H40N4O20V4-20. The minimum atomic E-state index is -2.80. The molecule has 0 amide bonds. The Balaban J connectivity index is -0.0000000188. The fraction of sp³-hybridized carbons (Fsp3) is 0.800. The van der Waals surface area contributed by atoms with Gasteiger partial charge in [0.25, 0.3) is 0 Å². The summed E-state index contributed by atoms with van der Waals surface area (Å²) in [5.41, 5.74) is 0. The summed E-state index contributed by atoms with van der Waals surface area (Å²) in [4.78, 5) is 44.3. The van der Waals surface area contributed by atoms with Crippen molar-refractivity contribution in [1.29, 1.82) is 0 Å². The van der Waals surface area contributed by atoms with Gasteiger partial charge in [-0.25, -0.2) is 0 Å². The molecule has 0 saturated carbocycles. The van der Waals surface area contributed by atoms with E-state index in [0.717, 1.165) is 0 Å². The van der Waals surface area contributed by atoms with Crippen molar-refractivity contribution in [1.82, 2.24) is 0 Å². The van der Waals surface area contributed by atoms with Crippen LogP contribution >= 0.6 is 0 Å². The SMILES string of the molecule is C[NH+](C)CC[NH+](C)C.C[NH+](C)CC[NH+](C)C.O=C([O-])[C@@H]([O-])[C@H]([O-])C(=O)[O-].O=C([O-])[C@@H]([O-])[C@H]([O-])C(=O)[O-].[O-2].[O-2].[O-2].[O-2].[O-2].[O-2].[O-2].[O-2].[V].[V].[V].[V]. The third kappa shape index (κ3) is 80.3. The molecule has 0 aromatic heterocycles. The van der Waals surface area contributed by atoms with E-state index in [-0.39, 0.29) is 118 Å². The predicted octanol–water partition coefficient (Wildman–Crippen LogP) is -18.5. The van der Waals surface area contributed by atoms with E-state index < -0.39 is 48.3 Å². The molecule has 0 spiro atoms. The van der Waals surface area contributed by atoms with Gasteiger partial charge in [-0.05, 0) is 0 Å². The number of likely N-dealkylation sites (N-methyl/N-ethyl adjacent to an activating group) is 4. The molecule has 28 heteroatoms. The number of rotatable bonds is 12. The van der Waals surface area contributed by atoms with Gasteiger partial charge in [-0.15, -0.1) is 0 Å². The van der Waals surface area contributed by atoms with Gasteiger partial charge in [0.05, 0.1) is 56.4 Å². The van der Waals surface area contributed by atoms with E-state index >= 15 is 0 Å². The zero-order valence-electron chi connectivity index (χ0n) is 27.1. The van der Waals surface area contributed by atoms with Crippen LogP contribution in [0.1, 0.15) is 0 Å². The number of carboxylic acid groups (broad SMARTS) is 4. The van der Waals surface area contributed by atoms with Crippen LogP contribution in [0.4, 0.5) is 0 Å². The van der Waals surface area contributed by atoms with E-state index in [2.05, 4.69) is 56.4 Å². The molecule has 0 bridgehead atoms. The number of hydrogen-bond acceptors (Lipinski definition) is 12. The van der Waals surface area contributed by atoms with Crippen LogP contribution in [0, 0.1) is 0 Å². The van der Waals surface area contributed by atoms with Gasteiger partial charge < -0.3 is 123 Å². The van der Waals surface area contributed by atoms with Crippen molar-refractivity contribution < 1.29 is 198 Å². The average Bonchev–Trinajstić information content (AvgIpc) is 2.75. The number of hydrogen-bond donors (Lipinski definition) is 4. The summed E-state index contributed by atoms with van der Waals surface area (Å²) >= 11 is 0. The molecule has 4 atom stereocenters. The van der Waals surface area contributed by atoms with E-state index in [4.69, 9.17) is 0 Å². The van der Waals surface area contributed by atoms with Gasteiger partial charge in [-0.3, -0.25) is 0 Å². The Morgan fingerprint density at radius 2 is 0.438 bits per heavy atom. The summed E-state index contributed by atoms with van der Waals surface area (Å²) in [6, 6.07) is 0. The van der Waals surface area contributed by atoms with Crippen LogP contribution in [0.3, 0.4) is 0 Å². The monoisotopic (exact) mass is 860 g/mol. The Labute approximate surface area is 327 Å². The maximum atomic E-state index is 9.97. The number of carbonyl (C=O) groups excluding carboxylic acids is 4. The quantitative estimate of drug-likeness (QED) is 0.142. The average molecular weight is 860 g/mol. The second kappa shape index (κ2) is 61.8. The third-order valence-corrected chi connectivity index (χ3v) is 3.73. The number of nitrogens with one attached hydrogen (secondary N) is 4. The van der Waals surface area contributed by atoms with Crippen LogP contribution in [0.25, 0.3) is 0 Å². The molecule has 24 nitrogen and oxygen atoms in total. The van der Waals surface area contributed by atoms with Crippen LogP contribution < -0.4 is 60.5 Å². The normalized spacial score (nSPS) is 10.3. The van der Waals surface area contributed by atoms with Crippen LogP contribution in [0.5, 0.6) is 0 Å². The largest absolute Gasteiger partial charge is 2.00 e. The summed E-state index contributed by atoms with van der Waals surface area (Å²) in [6.45, 7) is 5.06. The first kappa shape index (κ1) is 104. The molecule has 0 aliphatic carbocycles. The van der Waals surface area contributed by atoms with Crippen molar-refractivity contribution in [2.45, 2.75) is 24.4 Å². The van der Waals surface area contributed by atoms with Crippen molar-refractivity contribution in [3.8, 4) is 0 Å². The second-order valence-corrected chi connectivity index (χ2v) is 8.79. The van der Waals surface area contributed by atoms with Crippen LogP contribution in [-0.2, 0) is 137 Å².